The standard InChI is InChI=1S/C18H29N2O5P/c1-13(8-10-26(21,22)23)7-9-20(4)14(2)15-11-17(24-5)18(25-6)12-16(15)19-3/h11-13H,2-3,7-10H2,1,4-6H3,(H2,21,22,23). The first-order chi connectivity index (χ1) is 12.1. The van der Waals surface area contributed by atoms with Crippen LogP contribution in [0, 0.1) is 5.92 Å². The van der Waals surface area contributed by atoms with E-state index in [0.717, 1.165) is 17.7 Å². The second kappa shape index (κ2) is 9.76. The van der Waals surface area contributed by atoms with Crippen LogP contribution in [-0.2, 0) is 4.57 Å². The molecule has 0 aromatic heterocycles. The maximum atomic E-state index is 11.0. The molecule has 0 fully saturated rings. The molecule has 1 rings (SSSR count). The zero-order valence-corrected chi connectivity index (χ0v) is 16.8. The van der Waals surface area contributed by atoms with Crippen molar-refractivity contribution in [2.24, 2.45) is 10.9 Å². The number of hydrogen-bond donors (Lipinski definition) is 2. The van der Waals surface area contributed by atoms with Gasteiger partial charge in [0.15, 0.2) is 11.5 Å². The van der Waals surface area contributed by atoms with Gasteiger partial charge in [0.25, 0.3) is 0 Å². The highest BCUT2D eigenvalue weighted by Crippen LogP contribution is 2.39. The van der Waals surface area contributed by atoms with Gasteiger partial charge in [-0.3, -0.25) is 9.56 Å². The summed E-state index contributed by atoms with van der Waals surface area (Å²) in [7, 11) is 1.11. The molecule has 1 aromatic rings. The monoisotopic (exact) mass is 384 g/mol. The van der Waals surface area contributed by atoms with Crippen molar-refractivity contribution in [2.75, 3.05) is 34.0 Å². The summed E-state index contributed by atoms with van der Waals surface area (Å²) in [6, 6.07) is 3.57. The van der Waals surface area contributed by atoms with Crippen LogP contribution in [0.3, 0.4) is 0 Å². The van der Waals surface area contributed by atoms with E-state index in [1.54, 1.807) is 20.3 Å². The highest BCUT2D eigenvalue weighted by atomic mass is 31.2. The molecule has 0 saturated carbocycles. The summed E-state index contributed by atoms with van der Waals surface area (Å²) in [5, 5.41) is 0. The molecule has 146 valence electrons. The fourth-order valence-electron chi connectivity index (χ4n) is 2.52. The fraction of sp³-hybridized carbons (Fsp3) is 0.500. The van der Waals surface area contributed by atoms with Gasteiger partial charge >= 0.3 is 7.60 Å². The lowest BCUT2D eigenvalue weighted by atomic mass is 10.0. The Bertz CT molecular complexity index is 686. The average molecular weight is 384 g/mol. The van der Waals surface area contributed by atoms with Gasteiger partial charge in [-0.15, -0.1) is 0 Å². The normalized spacial score (nSPS) is 12.4. The highest BCUT2D eigenvalue weighted by Gasteiger charge is 2.17. The molecule has 0 amide bonds. The second-order valence-corrected chi connectivity index (χ2v) is 8.10. The number of rotatable bonds is 11. The Morgan fingerprint density at radius 2 is 1.85 bits per heavy atom. The first-order valence-electron chi connectivity index (χ1n) is 8.30. The minimum Gasteiger partial charge on any atom is -0.493 e. The molecule has 26 heavy (non-hydrogen) atoms. The molecule has 0 radical (unpaired) electrons. The average Bonchev–Trinajstić information content (AvgIpc) is 2.61. The van der Waals surface area contributed by atoms with Crippen LogP contribution in [0.1, 0.15) is 25.3 Å². The van der Waals surface area contributed by atoms with Crippen molar-refractivity contribution in [3.05, 3.63) is 24.3 Å². The van der Waals surface area contributed by atoms with Crippen molar-refractivity contribution in [3.63, 3.8) is 0 Å². The van der Waals surface area contributed by atoms with Crippen molar-refractivity contribution in [2.45, 2.75) is 19.8 Å². The molecule has 0 spiro atoms. The molecule has 1 atom stereocenters. The van der Waals surface area contributed by atoms with Crippen LogP contribution in [0.25, 0.3) is 5.70 Å². The van der Waals surface area contributed by atoms with Crippen LogP contribution in [0.15, 0.2) is 23.7 Å². The Morgan fingerprint density at radius 1 is 1.27 bits per heavy atom. The first kappa shape index (κ1) is 22.2. The maximum absolute atomic E-state index is 11.0. The Kier molecular flexibility index (Phi) is 8.34. The van der Waals surface area contributed by atoms with Crippen molar-refractivity contribution in [1.29, 1.82) is 0 Å². The van der Waals surface area contributed by atoms with E-state index < -0.39 is 7.60 Å². The van der Waals surface area contributed by atoms with Gasteiger partial charge < -0.3 is 24.2 Å². The second-order valence-electron chi connectivity index (χ2n) is 6.32. The highest BCUT2D eigenvalue weighted by molar-refractivity contribution is 7.51. The van der Waals surface area contributed by atoms with Gasteiger partial charge in [0.2, 0.25) is 0 Å². The third kappa shape index (κ3) is 6.48. The summed E-state index contributed by atoms with van der Waals surface area (Å²) < 4.78 is 21.6. The van der Waals surface area contributed by atoms with Gasteiger partial charge in [-0.2, -0.15) is 0 Å². The molecule has 0 aliphatic carbocycles. The molecule has 7 nitrogen and oxygen atoms in total. The van der Waals surface area contributed by atoms with Gasteiger partial charge in [-0.05, 0) is 31.5 Å². The van der Waals surface area contributed by atoms with Crippen LogP contribution < -0.4 is 9.47 Å². The van der Waals surface area contributed by atoms with Gasteiger partial charge in [-0.1, -0.05) is 13.5 Å². The van der Waals surface area contributed by atoms with Crippen molar-refractivity contribution < 1.29 is 23.8 Å². The largest absolute Gasteiger partial charge is 0.493 e. The quantitative estimate of drug-likeness (QED) is 0.448. The summed E-state index contributed by atoms with van der Waals surface area (Å²) in [5.74, 6) is 1.35. The Labute approximate surface area is 155 Å². The lowest BCUT2D eigenvalue weighted by Crippen LogP contribution is -2.20. The summed E-state index contributed by atoms with van der Waals surface area (Å²) >= 11 is 0. The predicted molar refractivity (Wildman–Crippen MR) is 106 cm³/mol. The van der Waals surface area contributed by atoms with Crippen LogP contribution in [0.4, 0.5) is 5.69 Å². The zero-order valence-electron chi connectivity index (χ0n) is 15.9. The number of methoxy groups -OCH3 is 2. The Hall–Kier alpha value is -1.82. The molecule has 0 saturated heterocycles. The van der Waals surface area contributed by atoms with E-state index in [1.165, 1.54) is 0 Å². The molecular formula is C18H29N2O5P. The number of aliphatic imine (C=N–C) groups is 1. The van der Waals surface area contributed by atoms with Crippen LogP contribution in [0.2, 0.25) is 0 Å². The molecule has 0 aliphatic rings. The number of benzene rings is 1. The summed E-state index contributed by atoms with van der Waals surface area (Å²) in [4.78, 5) is 24.0. The summed E-state index contributed by atoms with van der Waals surface area (Å²) in [6.07, 6.45) is 1.19. The van der Waals surface area contributed by atoms with E-state index in [4.69, 9.17) is 19.3 Å². The molecule has 0 aliphatic heterocycles. The van der Waals surface area contributed by atoms with Crippen molar-refractivity contribution >= 4 is 25.7 Å². The number of hydrogen-bond acceptors (Lipinski definition) is 5. The van der Waals surface area contributed by atoms with Crippen LogP contribution in [0.5, 0.6) is 11.5 Å². The van der Waals surface area contributed by atoms with Gasteiger partial charge in [0.05, 0.1) is 26.1 Å². The summed E-state index contributed by atoms with van der Waals surface area (Å²) in [6.45, 7) is 10.4. The van der Waals surface area contributed by atoms with Crippen molar-refractivity contribution in [1.82, 2.24) is 4.90 Å². The SMILES string of the molecule is C=Nc1cc(OC)c(OC)cc1C(=C)N(C)CCC(C)CCP(=O)(O)O. The Morgan fingerprint density at radius 3 is 2.35 bits per heavy atom. The van der Waals surface area contributed by atoms with E-state index >= 15 is 0 Å². The molecule has 0 bridgehead atoms. The first-order valence-corrected chi connectivity index (χ1v) is 10.1. The van der Waals surface area contributed by atoms with E-state index in [2.05, 4.69) is 18.3 Å². The third-order valence-electron chi connectivity index (χ3n) is 4.31. The van der Waals surface area contributed by atoms with Gasteiger partial charge in [0.1, 0.15) is 0 Å². The smallest absolute Gasteiger partial charge is 0.325 e. The van der Waals surface area contributed by atoms with E-state index in [0.29, 0.717) is 30.2 Å². The van der Waals surface area contributed by atoms with Crippen LogP contribution >= 0.6 is 7.60 Å². The zero-order chi connectivity index (χ0) is 19.9. The molecule has 8 heteroatoms. The third-order valence-corrected chi connectivity index (χ3v) is 5.16. The predicted octanol–water partition coefficient (Wildman–Crippen LogP) is 3.53. The molecule has 1 unspecified atom stereocenters. The number of nitrogens with zero attached hydrogens (tertiary/aromatic N) is 2. The van der Waals surface area contributed by atoms with Crippen LogP contribution in [-0.4, -0.2) is 55.4 Å². The van der Waals surface area contributed by atoms with E-state index in [-0.39, 0.29) is 12.1 Å². The topological polar surface area (TPSA) is 91.6 Å². The maximum Gasteiger partial charge on any atom is 0.325 e. The molecule has 1 aromatic carbocycles. The molecule has 2 N–H and O–H groups in total. The number of ether oxygens (including phenoxy) is 2. The van der Waals surface area contributed by atoms with E-state index in [1.807, 2.05) is 24.9 Å². The summed E-state index contributed by atoms with van der Waals surface area (Å²) in [5.41, 5.74) is 2.20. The van der Waals surface area contributed by atoms with Crippen molar-refractivity contribution in [3.8, 4) is 11.5 Å². The minimum absolute atomic E-state index is 0.0843. The van der Waals surface area contributed by atoms with E-state index in [9.17, 15) is 4.57 Å². The van der Waals surface area contributed by atoms with Gasteiger partial charge in [-0.25, -0.2) is 0 Å². The minimum atomic E-state index is -3.94. The fourth-order valence-corrected chi connectivity index (χ4v) is 3.29. The Balaban J connectivity index is 2.82. The van der Waals surface area contributed by atoms with Gasteiger partial charge in [0, 0.05) is 30.9 Å². The lowest BCUT2D eigenvalue weighted by Gasteiger charge is -2.25. The lowest BCUT2D eigenvalue weighted by molar-refractivity contribution is 0.354. The molecular weight excluding hydrogens is 355 g/mol. The molecule has 0 heterocycles.